The Morgan fingerprint density at radius 3 is 2.69 bits per heavy atom. The van der Waals surface area contributed by atoms with Gasteiger partial charge in [-0.1, -0.05) is 0 Å². The van der Waals surface area contributed by atoms with E-state index in [-0.39, 0.29) is 5.82 Å². The van der Waals surface area contributed by atoms with Gasteiger partial charge in [-0.3, -0.25) is 0 Å². The number of H-pyrrole nitrogens is 1. The van der Waals surface area contributed by atoms with Crippen molar-refractivity contribution in [3.8, 4) is 0 Å². The van der Waals surface area contributed by atoms with Crippen LogP contribution in [0.4, 0.5) is 11.8 Å². The van der Waals surface area contributed by atoms with Gasteiger partial charge in [0.25, 0.3) is 5.95 Å². The van der Waals surface area contributed by atoms with Crippen LogP contribution in [0.1, 0.15) is 18.5 Å². The summed E-state index contributed by atoms with van der Waals surface area (Å²) in [5.41, 5.74) is 5.88. The lowest BCUT2D eigenvalue weighted by Gasteiger charge is -2.01. The van der Waals surface area contributed by atoms with Crippen LogP contribution in [-0.2, 0) is 6.42 Å². The van der Waals surface area contributed by atoms with E-state index in [2.05, 4.69) is 9.97 Å². The zero-order chi connectivity index (χ0) is 12.1. The average Bonchev–Trinajstić information content (AvgIpc) is 2.62. The number of nitrogens with one attached hydrogen (secondary N) is 1. The van der Waals surface area contributed by atoms with E-state index in [1.807, 2.05) is 0 Å². The van der Waals surface area contributed by atoms with Gasteiger partial charge in [0, 0.05) is 14.1 Å². The third-order valence-electron chi connectivity index (χ3n) is 2.22. The molecular weight excluding hydrogens is 210 g/mol. The molecule has 0 radical (unpaired) electrons. The molecule has 0 aliphatic carbocycles. The van der Waals surface area contributed by atoms with Crippen molar-refractivity contribution in [2.75, 3.05) is 25.5 Å². The monoisotopic (exact) mass is 227 g/mol. The van der Waals surface area contributed by atoms with E-state index in [9.17, 15) is 10.1 Å². The molecule has 0 saturated heterocycles. The van der Waals surface area contributed by atoms with Gasteiger partial charge in [0.05, 0.1) is 0 Å². The normalized spacial score (nSPS) is 10.4. The molecule has 0 bridgehead atoms. The summed E-state index contributed by atoms with van der Waals surface area (Å²) in [4.78, 5) is 18.9. The van der Waals surface area contributed by atoms with E-state index in [0.717, 1.165) is 12.8 Å². The standard InChI is InChI=1S/C9H17N5O2/c1-13(2)9-11-7(5-3-4-6-10)8(12-9)14(15)16/h3-6,10H2,1-2H3,(H,11,12). The second kappa shape index (κ2) is 5.45. The van der Waals surface area contributed by atoms with Crippen molar-refractivity contribution in [1.82, 2.24) is 9.97 Å². The van der Waals surface area contributed by atoms with Gasteiger partial charge in [0.15, 0.2) is 0 Å². The molecule has 1 aromatic rings. The minimum absolute atomic E-state index is 0.0132. The van der Waals surface area contributed by atoms with Crippen molar-refractivity contribution in [3.63, 3.8) is 0 Å². The SMILES string of the molecule is CN(C)c1nc(CCCCN)c([N+](=O)[O-])[nH]1. The molecule has 0 aromatic carbocycles. The molecule has 0 saturated carbocycles. The first-order valence-corrected chi connectivity index (χ1v) is 5.17. The zero-order valence-electron chi connectivity index (χ0n) is 9.56. The Hall–Kier alpha value is -1.63. The van der Waals surface area contributed by atoms with E-state index < -0.39 is 4.92 Å². The minimum atomic E-state index is -0.433. The number of hydrogen-bond acceptors (Lipinski definition) is 5. The van der Waals surface area contributed by atoms with Crippen LogP contribution in [0.3, 0.4) is 0 Å². The number of aryl methyl sites for hydroxylation is 1. The summed E-state index contributed by atoms with van der Waals surface area (Å²) in [6.45, 7) is 0.596. The van der Waals surface area contributed by atoms with Crippen LogP contribution < -0.4 is 10.6 Å². The molecule has 0 atom stereocenters. The highest BCUT2D eigenvalue weighted by Gasteiger charge is 2.20. The highest BCUT2D eigenvalue weighted by Crippen LogP contribution is 2.20. The third-order valence-corrected chi connectivity index (χ3v) is 2.22. The van der Waals surface area contributed by atoms with Crippen molar-refractivity contribution < 1.29 is 4.92 Å². The van der Waals surface area contributed by atoms with Crippen LogP contribution in [0.25, 0.3) is 0 Å². The van der Waals surface area contributed by atoms with Crippen molar-refractivity contribution in [3.05, 3.63) is 15.8 Å². The molecule has 0 unspecified atom stereocenters. The molecule has 16 heavy (non-hydrogen) atoms. The van der Waals surface area contributed by atoms with Crippen LogP contribution in [0.2, 0.25) is 0 Å². The lowest BCUT2D eigenvalue weighted by molar-refractivity contribution is -0.390. The molecule has 7 nitrogen and oxygen atoms in total. The number of hydrogen-bond donors (Lipinski definition) is 2. The van der Waals surface area contributed by atoms with E-state index >= 15 is 0 Å². The fourth-order valence-electron chi connectivity index (χ4n) is 1.36. The maximum absolute atomic E-state index is 10.8. The number of nitrogens with zero attached hydrogens (tertiary/aromatic N) is 3. The summed E-state index contributed by atoms with van der Waals surface area (Å²) in [5, 5.41) is 10.8. The smallest absolute Gasteiger partial charge is 0.345 e. The number of aromatic nitrogens is 2. The zero-order valence-corrected chi connectivity index (χ0v) is 9.56. The van der Waals surface area contributed by atoms with Crippen molar-refractivity contribution in [1.29, 1.82) is 0 Å². The molecule has 0 aliphatic heterocycles. The molecule has 90 valence electrons. The van der Waals surface area contributed by atoms with Gasteiger partial charge in [0.1, 0.15) is 5.69 Å². The van der Waals surface area contributed by atoms with Crippen LogP contribution in [0.5, 0.6) is 0 Å². The highest BCUT2D eigenvalue weighted by molar-refractivity contribution is 5.40. The van der Waals surface area contributed by atoms with Crippen molar-refractivity contribution in [2.45, 2.75) is 19.3 Å². The fourth-order valence-corrected chi connectivity index (χ4v) is 1.36. The Bertz CT molecular complexity index is 361. The summed E-state index contributed by atoms with van der Waals surface area (Å²) >= 11 is 0. The Balaban J connectivity index is 2.83. The van der Waals surface area contributed by atoms with Crippen molar-refractivity contribution in [2.24, 2.45) is 5.73 Å². The molecule has 0 aliphatic rings. The second-order valence-corrected chi connectivity index (χ2v) is 3.75. The topological polar surface area (TPSA) is 101 Å². The Morgan fingerprint density at radius 2 is 2.19 bits per heavy atom. The van der Waals surface area contributed by atoms with Crippen LogP contribution in [0.15, 0.2) is 0 Å². The van der Waals surface area contributed by atoms with Gasteiger partial charge in [0.2, 0.25) is 0 Å². The number of nitro groups is 1. The number of anilines is 1. The average molecular weight is 227 g/mol. The van der Waals surface area contributed by atoms with Crippen LogP contribution in [0, 0.1) is 10.1 Å². The van der Waals surface area contributed by atoms with Gasteiger partial charge in [-0.05, 0) is 30.7 Å². The molecule has 1 aromatic heterocycles. The number of rotatable bonds is 6. The largest absolute Gasteiger partial charge is 0.358 e. The van der Waals surface area contributed by atoms with E-state index in [1.165, 1.54) is 0 Å². The Labute approximate surface area is 93.8 Å². The summed E-state index contributed by atoms with van der Waals surface area (Å²) in [6, 6.07) is 0. The number of unbranched alkanes of at least 4 members (excludes halogenated alkanes) is 1. The highest BCUT2D eigenvalue weighted by atomic mass is 16.6. The first-order valence-electron chi connectivity index (χ1n) is 5.17. The second-order valence-electron chi connectivity index (χ2n) is 3.75. The van der Waals surface area contributed by atoms with Crippen molar-refractivity contribution >= 4 is 11.8 Å². The molecule has 1 heterocycles. The number of aromatic amines is 1. The fraction of sp³-hybridized carbons (Fsp3) is 0.667. The molecule has 0 fully saturated rings. The van der Waals surface area contributed by atoms with E-state index in [0.29, 0.717) is 24.6 Å². The minimum Gasteiger partial charge on any atom is -0.358 e. The summed E-state index contributed by atoms with van der Waals surface area (Å²) in [7, 11) is 3.57. The maximum Gasteiger partial charge on any atom is 0.345 e. The van der Waals surface area contributed by atoms with Crippen LogP contribution >= 0.6 is 0 Å². The summed E-state index contributed by atoms with van der Waals surface area (Å²) in [6.07, 6.45) is 2.24. The third kappa shape index (κ3) is 2.93. The lowest BCUT2D eigenvalue weighted by atomic mass is 10.2. The first kappa shape index (κ1) is 12.4. The predicted molar refractivity (Wildman–Crippen MR) is 61.6 cm³/mol. The molecule has 0 amide bonds. The number of imidazole rings is 1. The molecular formula is C9H17N5O2. The molecule has 3 N–H and O–H groups in total. The first-order chi connectivity index (χ1) is 7.56. The molecule has 7 heteroatoms. The Kier molecular flexibility index (Phi) is 4.24. The van der Waals surface area contributed by atoms with Gasteiger partial charge in [-0.25, -0.2) is 4.98 Å². The van der Waals surface area contributed by atoms with Crippen LogP contribution in [-0.4, -0.2) is 35.5 Å². The molecule has 1 rings (SSSR count). The predicted octanol–water partition coefficient (Wildman–Crippen LogP) is 0.665. The maximum atomic E-state index is 10.8. The van der Waals surface area contributed by atoms with E-state index in [1.54, 1.807) is 19.0 Å². The van der Waals surface area contributed by atoms with Gasteiger partial charge in [-0.15, -0.1) is 0 Å². The van der Waals surface area contributed by atoms with Gasteiger partial charge in [-0.2, -0.15) is 4.98 Å². The summed E-state index contributed by atoms with van der Waals surface area (Å²) < 4.78 is 0. The van der Waals surface area contributed by atoms with Gasteiger partial charge < -0.3 is 20.7 Å². The molecule has 0 spiro atoms. The van der Waals surface area contributed by atoms with E-state index in [4.69, 9.17) is 5.73 Å². The quantitative estimate of drug-likeness (QED) is 0.422. The van der Waals surface area contributed by atoms with Gasteiger partial charge >= 0.3 is 5.82 Å². The number of nitrogens with two attached hydrogens (primary N) is 1. The lowest BCUT2D eigenvalue weighted by Crippen LogP contribution is -2.10. The summed E-state index contributed by atoms with van der Waals surface area (Å²) in [5.74, 6) is 0.496. The Morgan fingerprint density at radius 1 is 1.50 bits per heavy atom.